The Morgan fingerprint density at radius 1 is 0.769 bits per heavy atom. The number of aliphatic carboxylic acids is 1. The van der Waals surface area contributed by atoms with E-state index in [1.807, 2.05) is 91.0 Å². The topological polar surface area (TPSA) is 37.3 Å². The number of hydrogen-bond acceptors (Lipinski definition) is 1. The summed E-state index contributed by atoms with van der Waals surface area (Å²) in [4.78, 5) is 11.7. The van der Waals surface area contributed by atoms with Crippen molar-refractivity contribution < 1.29 is 9.90 Å². The van der Waals surface area contributed by atoms with Crippen molar-refractivity contribution in [1.29, 1.82) is 0 Å². The fraction of sp³-hybridized carbons (Fsp3) is 0.0455. The van der Waals surface area contributed by atoms with Gasteiger partial charge in [0.15, 0.2) is 0 Å². The Bertz CT molecular complexity index is 838. The van der Waals surface area contributed by atoms with Gasteiger partial charge in [-0.15, -0.1) is 0 Å². The molecule has 0 spiro atoms. The van der Waals surface area contributed by atoms with Crippen LogP contribution in [0.4, 0.5) is 0 Å². The predicted octanol–water partition coefficient (Wildman–Crippen LogP) is 4.66. The SMILES string of the molecule is CC(=CP(Cl)(c1ccccc1)(c1ccccc1)c1ccccc1)C(=O)O. The van der Waals surface area contributed by atoms with E-state index in [9.17, 15) is 9.90 Å². The molecule has 0 aliphatic heterocycles. The third-order valence-electron chi connectivity index (χ3n) is 4.56. The van der Waals surface area contributed by atoms with Gasteiger partial charge in [0.1, 0.15) is 0 Å². The number of carboxylic acids is 1. The molecule has 0 saturated heterocycles. The van der Waals surface area contributed by atoms with E-state index in [4.69, 9.17) is 11.2 Å². The third kappa shape index (κ3) is 2.96. The van der Waals surface area contributed by atoms with E-state index in [-0.39, 0.29) is 5.57 Å². The van der Waals surface area contributed by atoms with E-state index >= 15 is 0 Å². The average molecular weight is 383 g/mol. The monoisotopic (exact) mass is 382 g/mol. The van der Waals surface area contributed by atoms with Gasteiger partial charge < -0.3 is 0 Å². The number of rotatable bonds is 5. The Kier molecular flexibility index (Phi) is 5.00. The molecule has 0 fully saturated rings. The maximum absolute atomic E-state index is 11.7. The van der Waals surface area contributed by atoms with Crippen LogP contribution in [-0.2, 0) is 4.79 Å². The van der Waals surface area contributed by atoms with Gasteiger partial charge in [-0.05, 0) is 0 Å². The molecule has 1 N–H and O–H groups in total. The van der Waals surface area contributed by atoms with E-state index in [1.165, 1.54) is 0 Å². The number of carboxylic acid groups (broad SMARTS) is 1. The van der Waals surface area contributed by atoms with Crippen LogP contribution in [0.25, 0.3) is 0 Å². The maximum atomic E-state index is 11.7. The van der Waals surface area contributed by atoms with Crippen LogP contribution in [0.5, 0.6) is 0 Å². The average Bonchev–Trinajstić information content (AvgIpc) is 2.70. The first-order chi connectivity index (χ1) is 12.5. The van der Waals surface area contributed by atoms with Crippen molar-refractivity contribution in [2.75, 3.05) is 0 Å². The minimum absolute atomic E-state index is 0.231. The first-order valence-electron chi connectivity index (χ1n) is 8.30. The van der Waals surface area contributed by atoms with Gasteiger partial charge in [0.2, 0.25) is 0 Å². The summed E-state index contributed by atoms with van der Waals surface area (Å²) in [6, 6.07) is 29.3. The molecule has 0 bridgehead atoms. The molecule has 0 amide bonds. The third-order valence-corrected chi connectivity index (χ3v) is 11.4. The van der Waals surface area contributed by atoms with E-state index < -0.39 is 11.9 Å². The van der Waals surface area contributed by atoms with E-state index in [1.54, 1.807) is 12.7 Å². The molecule has 4 heteroatoms. The Balaban J connectivity index is 2.52. The molecular formula is C22H20ClO2P. The van der Waals surface area contributed by atoms with Crippen LogP contribution in [0, 0.1) is 0 Å². The summed E-state index contributed by atoms with van der Waals surface area (Å²) < 4.78 is 0. The molecule has 3 aromatic rings. The molecule has 2 nitrogen and oxygen atoms in total. The molecule has 0 heterocycles. The van der Waals surface area contributed by atoms with Crippen LogP contribution in [0.3, 0.4) is 0 Å². The van der Waals surface area contributed by atoms with Crippen molar-refractivity contribution in [3.05, 3.63) is 102 Å². The van der Waals surface area contributed by atoms with Crippen LogP contribution < -0.4 is 15.9 Å². The van der Waals surface area contributed by atoms with Crippen LogP contribution in [-0.4, -0.2) is 11.1 Å². The molecule has 0 aliphatic carbocycles. The van der Waals surface area contributed by atoms with Crippen molar-refractivity contribution in [3.63, 3.8) is 0 Å². The molecule has 3 rings (SSSR count). The molecule has 0 atom stereocenters. The molecule has 0 aromatic heterocycles. The predicted molar refractivity (Wildman–Crippen MR) is 112 cm³/mol. The summed E-state index contributed by atoms with van der Waals surface area (Å²) in [5, 5.41) is 12.3. The molecule has 0 aliphatic rings. The fourth-order valence-corrected chi connectivity index (χ4v) is 9.15. The van der Waals surface area contributed by atoms with E-state index in [0.717, 1.165) is 15.9 Å². The van der Waals surface area contributed by atoms with Crippen molar-refractivity contribution in [2.24, 2.45) is 0 Å². The Morgan fingerprint density at radius 2 is 1.08 bits per heavy atom. The molecule has 0 unspecified atom stereocenters. The number of carbonyl (C=O) groups is 1. The molecular weight excluding hydrogens is 363 g/mol. The van der Waals surface area contributed by atoms with Crippen LogP contribution in [0.15, 0.2) is 102 Å². The molecule has 0 radical (unpaired) electrons. The molecule has 26 heavy (non-hydrogen) atoms. The van der Waals surface area contributed by atoms with Crippen LogP contribution in [0.1, 0.15) is 6.92 Å². The first-order valence-corrected chi connectivity index (χ1v) is 11.5. The van der Waals surface area contributed by atoms with Crippen LogP contribution in [0.2, 0.25) is 0 Å². The summed E-state index contributed by atoms with van der Waals surface area (Å²) in [6.07, 6.45) is 0. The summed E-state index contributed by atoms with van der Waals surface area (Å²) >= 11 is 7.70. The fourth-order valence-electron chi connectivity index (χ4n) is 3.25. The second kappa shape index (κ2) is 7.07. The summed E-state index contributed by atoms with van der Waals surface area (Å²) in [7, 11) is 0. The Labute approximate surface area is 158 Å². The second-order valence-electron chi connectivity index (χ2n) is 6.20. The van der Waals surface area contributed by atoms with Crippen molar-refractivity contribution in [1.82, 2.24) is 0 Å². The van der Waals surface area contributed by atoms with Gasteiger partial charge in [0.25, 0.3) is 0 Å². The van der Waals surface area contributed by atoms with Gasteiger partial charge in [-0.3, -0.25) is 0 Å². The van der Waals surface area contributed by atoms with E-state index in [0.29, 0.717) is 0 Å². The number of benzene rings is 3. The minimum atomic E-state index is -3.63. The Hall–Kier alpha value is -2.41. The first kappa shape index (κ1) is 18.4. The van der Waals surface area contributed by atoms with Gasteiger partial charge in [-0.25, -0.2) is 0 Å². The summed E-state index contributed by atoms with van der Waals surface area (Å²) in [6.45, 7) is 1.60. The zero-order valence-corrected chi connectivity index (χ0v) is 16.1. The standard InChI is InChI=1S/C22H20ClO2P/c1-18(22(24)25)17-26(23,19-11-5-2-6-12-19,20-13-7-3-8-14-20)21-15-9-4-10-16-21/h2-17H,1H3,(H,24,25). The molecule has 3 aromatic carbocycles. The van der Waals surface area contributed by atoms with Crippen LogP contribution >= 0.6 is 17.2 Å². The normalized spacial score (nSPS) is 13.6. The quantitative estimate of drug-likeness (QED) is 0.515. The molecule has 0 saturated carbocycles. The zero-order valence-electron chi connectivity index (χ0n) is 14.4. The van der Waals surface area contributed by atoms with Gasteiger partial charge in [-0.2, -0.15) is 0 Å². The zero-order chi connectivity index (χ0) is 18.6. The van der Waals surface area contributed by atoms with E-state index in [2.05, 4.69) is 0 Å². The van der Waals surface area contributed by atoms with Crippen molar-refractivity contribution in [3.8, 4) is 0 Å². The Morgan fingerprint density at radius 3 is 1.35 bits per heavy atom. The summed E-state index contributed by atoms with van der Waals surface area (Å²) in [5.41, 5.74) is 0.231. The van der Waals surface area contributed by atoms with Gasteiger partial charge in [0.05, 0.1) is 0 Å². The number of halogens is 1. The van der Waals surface area contributed by atoms with Crippen molar-refractivity contribution in [2.45, 2.75) is 6.92 Å². The second-order valence-corrected chi connectivity index (χ2v) is 12.3. The van der Waals surface area contributed by atoms with Gasteiger partial charge in [0, 0.05) is 0 Å². The summed E-state index contributed by atoms with van der Waals surface area (Å²) in [5.74, 6) is -2.83. The molecule has 132 valence electrons. The number of hydrogen-bond donors (Lipinski definition) is 1. The van der Waals surface area contributed by atoms with Gasteiger partial charge >= 0.3 is 158 Å². The van der Waals surface area contributed by atoms with Crippen molar-refractivity contribution >= 4 is 39.1 Å². The van der Waals surface area contributed by atoms with Gasteiger partial charge in [-0.1, -0.05) is 0 Å².